The van der Waals surface area contributed by atoms with Crippen molar-refractivity contribution in [3.63, 3.8) is 0 Å². The number of aromatic nitrogens is 1. The van der Waals surface area contributed by atoms with Crippen molar-refractivity contribution < 1.29 is 4.79 Å². The molecule has 5 heteroatoms. The summed E-state index contributed by atoms with van der Waals surface area (Å²) in [4.78, 5) is 16.2. The molecule has 1 saturated heterocycles. The maximum atomic E-state index is 11.9. The summed E-state index contributed by atoms with van der Waals surface area (Å²) >= 11 is 1.57. The van der Waals surface area contributed by atoms with Gasteiger partial charge in [-0.1, -0.05) is 0 Å². The summed E-state index contributed by atoms with van der Waals surface area (Å²) < 4.78 is 0. The number of carbonyl (C=O) groups excluding carboxylic acids is 1. The van der Waals surface area contributed by atoms with Gasteiger partial charge < -0.3 is 10.6 Å². The highest BCUT2D eigenvalue weighted by molar-refractivity contribution is 7.09. The van der Waals surface area contributed by atoms with Crippen LogP contribution in [0.1, 0.15) is 38.1 Å². The molecule has 0 bridgehead atoms. The highest BCUT2D eigenvalue weighted by Gasteiger charge is 2.27. The van der Waals surface area contributed by atoms with Gasteiger partial charge in [0.1, 0.15) is 5.01 Å². The van der Waals surface area contributed by atoms with Gasteiger partial charge in [0.05, 0.1) is 5.54 Å². The second kappa shape index (κ2) is 5.14. The lowest BCUT2D eigenvalue weighted by atomic mass is 10.1. The van der Waals surface area contributed by atoms with Crippen molar-refractivity contribution in [2.45, 2.75) is 44.7 Å². The number of nitrogens with zero attached hydrogens (tertiary/aromatic N) is 1. The van der Waals surface area contributed by atoms with E-state index >= 15 is 0 Å². The second-order valence-corrected chi connectivity index (χ2v) is 5.90. The summed E-state index contributed by atoms with van der Waals surface area (Å²) in [6, 6.07) is 0.349. The van der Waals surface area contributed by atoms with Crippen molar-refractivity contribution >= 4 is 17.2 Å². The lowest BCUT2D eigenvalue weighted by molar-refractivity contribution is -0.123. The molecule has 0 aromatic carbocycles. The van der Waals surface area contributed by atoms with Crippen molar-refractivity contribution in [3.05, 3.63) is 16.6 Å². The molecule has 0 aliphatic carbocycles. The van der Waals surface area contributed by atoms with Crippen LogP contribution < -0.4 is 10.6 Å². The van der Waals surface area contributed by atoms with Crippen molar-refractivity contribution in [1.82, 2.24) is 15.6 Å². The molecule has 0 spiro atoms. The standard InChI is InChI=1S/C12H19N3OS/c1-12(2,11-14-6-7-17-11)15-10(16)8-9-4-3-5-13-9/h6-7,9,13H,3-5,8H2,1-2H3,(H,15,16). The summed E-state index contributed by atoms with van der Waals surface area (Å²) in [6.07, 6.45) is 4.61. The molecule has 1 aromatic heterocycles. The predicted molar refractivity (Wildman–Crippen MR) is 68.9 cm³/mol. The molecule has 1 fully saturated rings. The van der Waals surface area contributed by atoms with E-state index in [-0.39, 0.29) is 11.4 Å². The minimum absolute atomic E-state index is 0.101. The van der Waals surface area contributed by atoms with Crippen LogP contribution in [0.2, 0.25) is 0 Å². The summed E-state index contributed by atoms with van der Waals surface area (Å²) in [5.41, 5.74) is -0.371. The molecule has 17 heavy (non-hydrogen) atoms. The van der Waals surface area contributed by atoms with Crippen molar-refractivity contribution in [2.24, 2.45) is 0 Å². The summed E-state index contributed by atoms with van der Waals surface area (Å²) in [6.45, 7) is 5.02. The summed E-state index contributed by atoms with van der Waals surface area (Å²) in [5.74, 6) is 0.101. The number of hydrogen-bond acceptors (Lipinski definition) is 4. The Bertz CT molecular complexity index is 369. The van der Waals surface area contributed by atoms with E-state index in [1.807, 2.05) is 19.2 Å². The largest absolute Gasteiger partial charge is 0.345 e. The number of nitrogens with one attached hydrogen (secondary N) is 2. The Balaban J connectivity index is 1.89. The van der Waals surface area contributed by atoms with E-state index in [4.69, 9.17) is 0 Å². The van der Waals surface area contributed by atoms with Gasteiger partial charge >= 0.3 is 0 Å². The van der Waals surface area contributed by atoms with Crippen molar-refractivity contribution in [2.75, 3.05) is 6.54 Å². The molecular formula is C12H19N3OS. The molecule has 2 rings (SSSR count). The number of carbonyl (C=O) groups is 1. The van der Waals surface area contributed by atoms with E-state index < -0.39 is 0 Å². The molecule has 2 heterocycles. The molecule has 0 saturated carbocycles. The normalized spacial score (nSPS) is 20.5. The quantitative estimate of drug-likeness (QED) is 0.857. The van der Waals surface area contributed by atoms with E-state index in [1.165, 1.54) is 6.42 Å². The zero-order valence-electron chi connectivity index (χ0n) is 10.3. The van der Waals surface area contributed by atoms with E-state index in [0.717, 1.165) is 18.0 Å². The molecular weight excluding hydrogens is 234 g/mol. The van der Waals surface area contributed by atoms with Crippen LogP contribution in [0.4, 0.5) is 0 Å². The molecule has 1 amide bonds. The maximum absolute atomic E-state index is 11.9. The first kappa shape index (κ1) is 12.5. The van der Waals surface area contributed by atoms with Gasteiger partial charge in [0.15, 0.2) is 0 Å². The van der Waals surface area contributed by atoms with Gasteiger partial charge in [-0.05, 0) is 33.2 Å². The van der Waals surface area contributed by atoms with Crippen LogP contribution in [0.15, 0.2) is 11.6 Å². The van der Waals surface area contributed by atoms with Crippen LogP contribution in [-0.2, 0) is 10.3 Å². The first-order valence-corrected chi connectivity index (χ1v) is 6.90. The minimum Gasteiger partial charge on any atom is -0.345 e. The smallest absolute Gasteiger partial charge is 0.222 e. The van der Waals surface area contributed by atoms with Gasteiger partial charge in [-0.2, -0.15) is 0 Å². The molecule has 94 valence electrons. The lowest BCUT2D eigenvalue weighted by Gasteiger charge is -2.24. The van der Waals surface area contributed by atoms with Gasteiger partial charge in [-0.3, -0.25) is 4.79 Å². The lowest BCUT2D eigenvalue weighted by Crippen LogP contribution is -2.43. The first-order chi connectivity index (χ1) is 8.08. The molecule has 1 atom stereocenters. The summed E-state index contributed by atoms with van der Waals surface area (Å²) in [7, 11) is 0. The van der Waals surface area contributed by atoms with Gasteiger partial charge in [-0.15, -0.1) is 11.3 Å². The average molecular weight is 253 g/mol. The Morgan fingerprint density at radius 1 is 1.71 bits per heavy atom. The Labute approximate surface area is 106 Å². The molecule has 1 aromatic rings. The van der Waals surface area contributed by atoms with Crippen LogP contribution in [-0.4, -0.2) is 23.5 Å². The fourth-order valence-electron chi connectivity index (χ4n) is 2.14. The third-order valence-electron chi connectivity index (χ3n) is 3.01. The third kappa shape index (κ3) is 3.26. The van der Waals surface area contributed by atoms with Crippen molar-refractivity contribution in [3.8, 4) is 0 Å². The second-order valence-electron chi connectivity index (χ2n) is 5.01. The Kier molecular flexibility index (Phi) is 3.79. The third-order valence-corrected chi connectivity index (χ3v) is 4.11. The first-order valence-electron chi connectivity index (χ1n) is 6.02. The highest BCUT2D eigenvalue weighted by atomic mass is 32.1. The van der Waals surface area contributed by atoms with Crippen molar-refractivity contribution in [1.29, 1.82) is 0 Å². The van der Waals surface area contributed by atoms with Crippen LogP contribution in [0.25, 0.3) is 0 Å². The predicted octanol–water partition coefficient (Wildman–Crippen LogP) is 1.64. The molecule has 1 aliphatic rings. The Morgan fingerprint density at radius 3 is 3.12 bits per heavy atom. The van der Waals surface area contributed by atoms with E-state index in [9.17, 15) is 4.79 Å². The molecule has 4 nitrogen and oxygen atoms in total. The number of hydrogen-bond donors (Lipinski definition) is 2. The molecule has 1 aliphatic heterocycles. The topological polar surface area (TPSA) is 54.0 Å². The van der Waals surface area contributed by atoms with E-state index in [2.05, 4.69) is 15.6 Å². The zero-order valence-corrected chi connectivity index (χ0v) is 11.1. The SMILES string of the molecule is CC(C)(NC(=O)CC1CCCN1)c1nccs1. The maximum Gasteiger partial charge on any atom is 0.222 e. The van der Waals surface area contributed by atoms with Crippen LogP contribution in [0.5, 0.6) is 0 Å². The number of thiazole rings is 1. The fraction of sp³-hybridized carbons (Fsp3) is 0.667. The fourth-order valence-corrected chi connectivity index (χ4v) is 2.86. The van der Waals surface area contributed by atoms with Gasteiger partial charge in [-0.25, -0.2) is 4.98 Å². The average Bonchev–Trinajstić information content (AvgIpc) is 2.87. The van der Waals surface area contributed by atoms with E-state index in [0.29, 0.717) is 12.5 Å². The van der Waals surface area contributed by atoms with E-state index in [1.54, 1.807) is 17.5 Å². The number of rotatable bonds is 4. The minimum atomic E-state index is -0.371. The zero-order chi connectivity index (χ0) is 12.3. The molecule has 0 radical (unpaired) electrons. The van der Waals surface area contributed by atoms with Gasteiger partial charge in [0, 0.05) is 24.0 Å². The van der Waals surface area contributed by atoms with Crippen LogP contribution in [0, 0.1) is 0 Å². The summed E-state index contributed by atoms with van der Waals surface area (Å²) in [5, 5.41) is 9.27. The van der Waals surface area contributed by atoms with Crippen LogP contribution in [0.3, 0.4) is 0 Å². The Hall–Kier alpha value is -0.940. The monoisotopic (exact) mass is 253 g/mol. The molecule has 2 N–H and O–H groups in total. The van der Waals surface area contributed by atoms with Crippen LogP contribution >= 0.6 is 11.3 Å². The Morgan fingerprint density at radius 2 is 2.53 bits per heavy atom. The molecule has 1 unspecified atom stereocenters. The van der Waals surface area contributed by atoms with Gasteiger partial charge in [0.25, 0.3) is 0 Å². The number of amides is 1. The highest BCUT2D eigenvalue weighted by Crippen LogP contribution is 2.22. The van der Waals surface area contributed by atoms with Gasteiger partial charge in [0.2, 0.25) is 5.91 Å².